The highest BCUT2D eigenvalue weighted by atomic mass is 16.6. The molecule has 1 aliphatic rings. The van der Waals surface area contributed by atoms with Crippen molar-refractivity contribution in [2.75, 3.05) is 13.2 Å². The number of imide groups is 1. The topological polar surface area (TPSA) is 270 Å². The molecule has 600 valence electrons. The number of rotatable bonds is 49. The Hall–Kier alpha value is -6.34. The second-order valence-corrected chi connectivity index (χ2v) is 32.7. The van der Waals surface area contributed by atoms with E-state index in [1.807, 2.05) is 13.8 Å². The molecule has 0 aromatic heterocycles. The predicted molar refractivity (Wildman–Crippen MR) is 437 cm³/mol. The number of carbonyl (C=O) groups excluding carboxylic acids is 5. The first-order valence-electron chi connectivity index (χ1n) is 39.4. The maximum absolute atomic E-state index is 16.1. The summed E-state index contributed by atoms with van der Waals surface area (Å²) in [5.41, 5.74) is 26.2. The first kappa shape index (κ1) is 97.7. The van der Waals surface area contributed by atoms with Crippen LogP contribution in [0.15, 0.2) is 140 Å². The molecule has 106 heavy (non-hydrogen) atoms. The molecular weight excluding hydrogens is 1330 g/mol. The SMILES string of the molecule is CC(=O)N[C@@H]1[C@@H](OC(C)CN(C(=O)C(C)(C)N)[C@H](CC(C)C(=O)O)C(=O)NC(=O)[C@@H](N)CC(C)C)[C@H](O)[C@@H](COC(=O)C(C(C=C(C)CCC=C(C)CCC=C(C)C)CC=C(C)CCC=C(C)CCC=C(C)C)C(C=C(C)CCC=C(C)CCC=C(C)C)CC=C(C)CCC=C(C)CCC=C(C)C)O[C@@H]1O. The number of aliphatic hydroxyl groups is 2. The van der Waals surface area contributed by atoms with Gasteiger partial charge in [0.2, 0.25) is 23.6 Å². The van der Waals surface area contributed by atoms with Gasteiger partial charge in [-0.25, -0.2) is 0 Å². The van der Waals surface area contributed by atoms with Crippen molar-refractivity contribution in [1.82, 2.24) is 15.5 Å². The Morgan fingerprint density at radius 3 is 1.25 bits per heavy atom. The van der Waals surface area contributed by atoms with Gasteiger partial charge in [0, 0.05) is 13.5 Å². The molecule has 0 spiro atoms. The maximum Gasteiger partial charge on any atom is 0.310 e. The minimum absolute atomic E-state index is 0.00908. The first-order valence-corrected chi connectivity index (χ1v) is 39.4. The number of amides is 4. The lowest BCUT2D eigenvalue weighted by molar-refractivity contribution is -0.269. The Morgan fingerprint density at radius 1 is 0.528 bits per heavy atom. The van der Waals surface area contributed by atoms with Crippen LogP contribution in [0.1, 0.15) is 288 Å². The third kappa shape index (κ3) is 42.4. The fraction of sp³-hybridized carbons (Fsp3) is 0.663. The number of hydrogen-bond acceptors (Lipinski definition) is 13. The molecule has 4 amide bonds. The van der Waals surface area contributed by atoms with E-state index in [9.17, 15) is 39.3 Å². The van der Waals surface area contributed by atoms with Crippen molar-refractivity contribution in [3.05, 3.63) is 140 Å². The van der Waals surface area contributed by atoms with Crippen LogP contribution in [0.4, 0.5) is 0 Å². The summed E-state index contributed by atoms with van der Waals surface area (Å²) >= 11 is 0. The molecule has 1 saturated heterocycles. The normalized spacial score (nSPS) is 19.4. The van der Waals surface area contributed by atoms with E-state index in [-0.39, 0.29) is 24.2 Å². The van der Waals surface area contributed by atoms with Crippen LogP contribution >= 0.6 is 0 Å². The van der Waals surface area contributed by atoms with E-state index in [1.165, 1.54) is 90.3 Å². The van der Waals surface area contributed by atoms with Crippen molar-refractivity contribution in [2.24, 2.45) is 41.1 Å². The minimum atomic E-state index is -1.83. The minimum Gasteiger partial charge on any atom is -0.481 e. The second kappa shape index (κ2) is 51.9. The first-order chi connectivity index (χ1) is 49.5. The van der Waals surface area contributed by atoms with Crippen LogP contribution in [-0.2, 0) is 43.0 Å². The van der Waals surface area contributed by atoms with Crippen LogP contribution in [0.2, 0.25) is 0 Å². The van der Waals surface area contributed by atoms with Crippen molar-refractivity contribution in [2.45, 2.75) is 342 Å². The molecule has 11 atom stereocenters. The quantitative estimate of drug-likeness (QED) is 0.0221. The van der Waals surface area contributed by atoms with Gasteiger partial charge in [-0.1, -0.05) is 161 Å². The molecule has 0 bridgehead atoms. The van der Waals surface area contributed by atoms with Crippen molar-refractivity contribution in [3.8, 4) is 0 Å². The van der Waals surface area contributed by atoms with Gasteiger partial charge in [0.05, 0.1) is 29.5 Å². The number of carbonyl (C=O) groups is 6. The summed E-state index contributed by atoms with van der Waals surface area (Å²) in [6.07, 6.45) is 35.1. The van der Waals surface area contributed by atoms with Gasteiger partial charge in [-0.3, -0.25) is 34.1 Å². The summed E-state index contributed by atoms with van der Waals surface area (Å²) < 4.78 is 19.3. The van der Waals surface area contributed by atoms with Crippen LogP contribution in [0.25, 0.3) is 0 Å². The molecule has 0 aromatic carbocycles. The lowest BCUT2D eigenvalue weighted by Gasteiger charge is -2.44. The van der Waals surface area contributed by atoms with Crippen molar-refractivity contribution >= 4 is 35.6 Å². The number of aliphatic carboxylic acids is 1. The Balaban J connectivity index is 4.46. The lowest BCUT2D eigenvalue weighted by Crippen LogP contribution is -2.66. The van der Waals surface area contributed by atoms with E-state index < -0.39 is 121 Å². The maximum atomic E-state index is 16.1. The number of carboxylic acid groups (broad SMARTS) is 1. The van der Waals surface area contributed by atoms with E-state index >= 15 is 4.79 Å². The number of hydrogen-bond donors (Lipinski definition) is 7. The molecule has 4 unspecified atom stereocenters. The van der Waals surface area contributed by atoms with Gasteiger partial charge in [0.25, 0.3) is 0 Å². The van der Waals surface area contributed by atoms with E-state index in [4.69, 9.17) is 25.7 Å². The lowest BCUT2D eigenvalue weighted by atomic mass is 9.75. The van der Waals surface area contributed by atoms with Crippen molar-refractivity contribution in [1.29, 1.82) is 0 Å². The van der Waals surface area contributed by atoms with E-state index in [0.29, 0.717) is 12.8 Å². The molecule has 1 fully saturated rings. The number of allylic oxidation sites excluding steroid dienone is 24. The number of aliphatic hydroxyl groups excluding tert-OH is 2. The van der Waals surface area contributed by atoms with Gasteiger partial charge in [0.15, 0.2) is 6.29 Å². The van der Waals surface area contributed by atoms with E-state index in [1.54, 1.807) is 0 Å². The van der Waals surface area contributed by atoms with Crippen LogP contribution in [0.3, 0.4) is 0 Å². The van der Waals surface area contributed by atoms with Crippen LogP contribution in [0.5, 0.6) is 0 Å². The highest BCUT2D eigenvalue weighted by Gasteiger charge is 2.49. The highest BCUT2D eigenvalue weighted by Crippen LogP contribution is 2.36. The van der Waals surface area contributed by atoms with Gasteiger partial charge in [0.1, 0.15) is 37.0 Å². The number of nitrogens with one attached hydrogen (secondary N) is 2. The number of ether oxygens (including phenoxy) is 3. The molecule has 0 radical (unpaired) electrons. The molecule has 9 N–H and O–H groups in total. The summed E-state index contributed by atoms with van der Waals surface area (Å²) in [4.78, 5) is 84.7. The number of nitrogens with two attached hydrogens (primary N) is 2. The Bertz CT molecular complexity index is 3020. The molecule has 17 heteroatoms. The molecule has 0 aliphatic carbocycles. The van der Waals surface area contributed by atoms with Crippen LogP contribution in [-0.4, -0.2) is 123 Å². The van der Waals surface area contributed by atoms with E-state index in [0.717, 1.165) is 119 Å². The molecule has 17 nitrogen and oxygen atoms in total. The standard InChI is InChI=1S/C89H147N5O12/c1-58(2)32-24-36-63(11)40-28-44-67(15)48-50-74(53-69(17)46-30-42-65(13)38-26-34-60(5)6)79(75(54-70(18)47-31-43-66(14)39-27-35-61(7)8)51-49-68(16)45-29-41-64(12)37-25-33-59(3)4)86(101)104-57-78-81(96)82(80(87(102)106-78)92-73(21)95)105-72(20)56-94(88(103)89(22,23)91)77(55-71(19)85(99)100)84(98)93-83(97)76(90)52-62(9)10/h32-35,40-43,48-49,53-54,62,71-72,74-82,87,96,102H,24-31,36-39,44-47,50-52,55-57,90-91H2,1-23H3,(H,92,95)(H,99,100)(H,93,97,98)/t71?,72?,74?,75?,76-,77+,78+,79?,80+,81+,82+,87-/m0/s1. The van der Waals surface area contributed by atoms with Crippen LogP contribution < -0.4 is 22.1 Å². The van der Waals surface area contributed by atoms with Crippen molar-refractivity contribution < 1.29 is 58.3 Å². The average Bonchev–Trinajstić information content (AvgIpc) is 0.847. The fourth-order valence-electron chi connectivity index (χ4n) is 12.9. The zero-order chi connectivity index (χ0) is 80.6. The van der Waals surface area contributed by atoms with Gasteiger partial charge >= 0.3 is 11.9 Å². The second-order valence-electron chi connectivity index (χ2n) is 32.7. The summed E-state index contributed by atoms with van der Waals surface area (Å²) in [6.45, 7) is 44.0. The van der Waals surface area contributed by atoms with Gasteiger partial charge in [-0.15, -0.1) is 0 Å². The predicted octanol–water partition coefficient (Wildman–Crippen LogP) is 18.3. The summed E-state index contributed by atoms with van der Waals surface area (Å²) in [6, 6.07) is -4.12. The number of nitrogens with zero attached hydrogens (tertiary/aromatic N) is 1. The van der Waals surface area contributed by atoms with Gasteiger partial charge in [-0.05, 0) is 278 Å². The Morgan fingerprint density at radius 2 is 0.896 bits per heavy atom. The average molecular weight is 1480 g/mol. The molecule has 1 aliphatic heterocycles. The zero-order valence-corrected chi connectivity index (χ0v) is 70.1. The molecule has 1 rings (SSSR count). The number of carboxylic acids is 1. The molecule has 0 saturated carbocycles. The Labute approximate surface area is 642 Å². The molecule has 1 heterocycles. The molecular formula is C89H147N5O12. The van der Waals surface area contributed by atoms with Gasteiger partial charge in [-0.2, -0.15) is 0 Å². The summed E-state index contributed by atoms with van der Waals surface area (Å²) in [7, 11) is 0. The van der Waals surface area contributed by atoms with Crippen molar-refractivity contribution in [3.63, 3.8) is 0 Å². The highest BCUT2D eigenvalue weighted by molar-refractivity contribution is 6.02. The van der Waals surface area contributed by atoms with Gasteiger partial charge < -0.3 is 51.2 Å². The summed E-state index contributed by atoms with van der Waals surface area (Å²) in [5.74, 6) is -7.79. The monoisotopic (exact) mass is 1480 g/mol. The fourth-order valence-corrected chi connectivity index (χ4v) is 12.9. The molecule has 0 aromatic rings. The van der Waals surface area contributed by atoms with E-state index in [2.05, 4.69) is 194 Å². The largest absolute Gasteiger partial charge is 0.481 e. The third-order valence-electron chi connectivity index (χ3n) is 19.3. The Kier molecular flexibility index (Phi) is 47.8. The number of esters is 1. The smallest absolute Gasteiger partial charge is 0.310 e. The van der Waals surface area contributed by atoms with Crippen LogP contribution in [0, 0.1) is 29.6 Å². The zero-order valence-electron chi connectivity index (χ0n) is 70.1. The summed E-state index contributed by atoms with van der Waals surface area (Å²) in [5, 5.41) is 39.6. The third-order valence-corrected chi connectivity index (χ3v) is 19.3.